The van der Waals surface area contributed by atoms with Crippen molar-refractivity contribution in [3.05, 3.63) is 89.4 Å². The maximum atomic E-state index is 12.2. The van der Waals surface area contributed by atoms with Gasteiger partial charge in [-0.3, -0.25) is 14.6 Å². The summed E-state index contributed by atoms with van der Waals surface area (Å²) in [7, 11) is 5.20. The fourth-order valence-corrected chi connectivity index (χ4v) is 3.21. The summed E-state index contributed by atoms with van der Waals surface area (Å²) < 4.78 is 5.12. The maximum Gasteiger partial charge on any atom is 0.291 e. The van der Waals surface area contributed by atoms with Crippen LogP contribution in [0.3, 0.4) is 0 Å². The van der Waals surface area contributed by atoms with E-state index >= 15 is 0 Å². The van der Waals surface area contributed by atoms with E-state index in [0.29, 0.717) is 30.3 Å². The first-order chi connectivity index (χ1) is 16.0. The molecule has 0 atom stereocenters. The quantitative estimate of drug-likeness (QED) is 0.364. The Morgan fingerprint density at radius 2 is 1.76 bits per heavy atom. The van der Waals surface area contributed by atoms with E-state index in [1.165, 1.54) is 6.26 Å². The van der Waals surface area contributed by atoms with Gasteiger partial charge in [0.15, 0.2) is 11.7 Å². The van der Waals surface area contributed by atoms with Gasteiger partial charge >= 0.3 is 0 Å². The Morgan fingerprint density at radius 1 is 0.970 bits per heavy atom. The molecule has 0 saturated carbocycles. The van der Waals surface area contributed by atoms with E-state index in [-0.39, 0.29) is 17.6 Å². The van der Waals surface area contributed by atoms with Crippen LogP contribution in [0.15, 0.2) is 76.3 Å². The SMILES string of the molecule is CN=C(NCCc1cccc(C(=O)N(C)C)c1)NCc1cccc(NC(=O)c2ccco2)c1. The van der Waals surface area contributed by atoms with Crippen molar-refractivity contribution in [3.8, 4) is 0 Å². The second-order valence-corrected chi connectivity index (χ2v) is 7.63. The number of furan rings is 1. The van der Waals surface area contributed by atoms with Crippen LogP contribution in [0.2, 0.25) is 0 Å². The molecule has 0 radical (unpaired) electrons. The highest BCUT2D eigenvalue weighted by molar-refractivity contribution is 6.02. The molecule has 1 heterocycles. The van der Waals surface area contributed by atoms with Gasteiger partial charge in [-0.25, -0.2) is 0 Å². The Hall–Kier alpha value is -4.07. The number of guanidine groups is 1. The van der Waals surface area contributed by atoms with Gasteiger partial charge in [0.2, 0.25) is 0 Å². The number of nitrogens with one attached hydrogen (secondary N) is 3. The first-order valence-electron chi connectivity index (χ1n) is 10.6. The third-order valence-corrected chi connectivity index (χ3v) is 4.90. The summed E-state index contributed by atoms with van der Waals surface area (Å²) in [6, 6.07) is 18.5. The average Bonchev–Trinajstić information content (AvgIpc) is 3.36. The molecule has 8 nitrogen and oxygen atoms in total. The molecule has 3 N–H and O–H groups in total. The summed E-state index contributed by atoms with van der Waals surface area (Å²) in [4.78, 5) is 30.1. The van der Waals surface area contributed by atoms with E-state index < -0.39 is 0 Å². The van der Waals surface area contributed by atoms with Crippen LogP contribution in [-0.2, 0) is 13.0 Å². The van der Waals surface area contributed by atoms with Crippen LogP contribution in [0.1, 0.15) is 32.0 Å². The predicted octanol–water partition coefficient (Wildman–Crippen LogP) is 3.14. The van der Waals surface area contributed by atoms with Gasteiger partial charge in [0.05, 0.1) is 6.26 Å². The van der Waals surface area contributed by atoms with Crippen LogP contribution >= 0.6 is 0 Å². The molecular weight excluding hydrogens is 418 g/mol. The zero-order chi connectivity index (χ0) is 23.6. The molecule has 33 heavy (non-hydrogen) atoms. The topological polar surface area (TPSA) is 99.0 Å². The number of rotatable bonds is 8. The van der Waals surface area contributed by atoms with Gasteiger partial charge in [0.1, 0.15) is 0 Å². The highest BCUT2D eigenvalue weighted by Gasteiger charge is 2.10. The van der Waals surface area contributed by atoms with Crippen LogP contribution in [0.5, 0.6) is 0 Å². The molecule has 3 aromatic rings. The average molecular weight is 448 g/mol. The molecule has 0 spiro atoms. The van der Waals surface area contributed by atoms with Gasteiger partial charge in [-0.2, -0.15) is 0 Å². The lowest BCUT2D eigenvalue weighted by Crippen LogP contribution is -2.37. The van der Waals surface area contributed by atoms with Crippen LogP contribution in [0, 0.1) is 0 Å². The third-order valence-electron chi connectivity index (χ3n) is 4.90. The fourth-order valence-electron chi connectivity index (χ4n) is 3.21. The van der Waals surface area contributed by atoms with Crippen molar-refractivity contribution in [2.24, 2.45) is 4.99 Å². The molecule has 8 heteroatoms. The minimum atomic E-state index is -0.293. The van der Waals surface area contributed by atoms with Crippen LogP contribution in [0.25, 0.3) is 0 Å². The monoisotopic (exact) mass is 447 g/mol. The molecule has 0 unspecified atom stereocenters. The lowest BCUT2D eigenvalue weighted by atomic mass is 10.1. The van der Waals surface area contributed by atoms with E-state index in [4.69, 9.17) is 4.42 Å². The Kier molecular flexibility index (Phi) is 8.24. The van der Waals surface area contributed by atoms with Crippen molar-refractivity contribution in [3.63, 3.8) is 0 Å². The summed E-state index contributed by atoms with van der Waals surface area (Å²) in [6.45, 7) is 1.20. The summed E-state index contributed by atoms with van der Waals surface area (Å²) in [6.07, 6.45) is 2.22. The van der Waals surface area contributed by atoms with Gasteiger partial charge in [0, 0.05) is 45.5 Å². The first kappa shape index (κ1) is 23.6. The number of carbonyl (C=O) groups excluding carboxylic acids is 2. The van der Waals surface area contributed by atoms with E-state index in [0.717, 1.165) is 17.5 Å². The van der Waals surface area contributed by atoms with Gasteiger partial charge in [-0.15, -0.1) is 0 Å². The molecule has 0 saturated heterocycles. The van der Waals surface area contributed by atoms with Crippen molar-refractivity contribution in [2.45, 2.75) is 13.0 Å². The number of amides is 2. The number of aliphatic imine (C=N–C) groups is 1. The Labute approximate surface area is 193 Å². The van der Waals surface area contributed by atoms with E-state index in [2.05, 4.69) is 20.9 Å². The Bertz CT molecular complexity index is 1110. The molecule has 3 rings (SSSR count). The lowest BCUT2D eigenvalue weighted by Gasteiger charge is -2.14. The molecular formula is C25H29N5O3. The summed E-state index contributed by atoms with van der Waals surface area (Å²) in [5, 5.41) is 9.38. The number of nitrogens with zero attached hydrogens (tertiary/aromatic N) is 2. The van der Waals surface area contributed by atoms with Crippen LogP contribution in [0.4, 0.5) is 5.69 Å². The van der Waals surface area contributed by atoms with Gasteiger partial charge in [-0.05, 0) is 53.9 Å². The van der Waals surface area contributed by atoms with Crippen molar-refractivity contribution in [1.29, 1.82) is 0 Å². The predicted molar refractivity (Wildman–Crippen MR) is 129 cm³/mol. The number of carbonyl (C=O) groups is 2. The lowest BCUT2D eigenvalue weighted by molar-refractivity contribution is 0.0827. The Morgan fingerprint density at radius 3 is 2.48 bits per heavy atom. The number of hydrogen-bond donors (Lipinski definition) is 3. The van der Waals surface area contributed by atoms with E-state index in [1.807, 2.05) is 48.5 Å². The van der Waals surface area contributed by atoms with Crippen LogP contribution in [-0.4, -0.2) is 50.4 Å². The van der Waals surface area contributed by atoms with Crippen molar-refractivity contribution >= 4 is 23.5 Å². The van der Waals surface area contributed by atoms with Crippen molar-refractivity contribution in [2.75, 3.05) is 33.0 Å². The minimum Gasteiger partial charge on any atom is -0.459 e. The second-order valence-electron chi connectivity index (χ2n) is 7.63. The van der Waals surface area contributed by atoms with Crippen LogP contribution < -0.4 is 16.0 Å². The normalized spacial score (nSPS) is 11.1. The first-order valence-corrected chi connectivity index (χ1v) is 10.6. The molecule has 0 aliphatic carbocycles. The largest absolute Gasteiger partial charge is 0.459 e. The molecule has 1 aromatic heterocycles. The van der Waals surface area contributed by atoms with Gasteiger partial charge in [-0.1, -0.05) is 24.3 Å². The summed E-state index contributed by atoms with van der Waals surface area (Å²) >= 11 is 0. The highest BCUT2D eigenvalue weighted by Crippen LogP contribution is 2.13. The molecule has 0 aliphatic rings. The molecule has 0 fully saturated rings. The zero-order valence-electron chi connectivity index (χ0n) is 19.1. The fraction of sp³-hybridized carbons (Fsp3) is 0.240. The number of hydrogen-bond acceptors (Lipinski definition) is 4. The molecule has 0 bridgehead atoms. The summed E-state index contributed by atoms with van der Waals surface area (Å²) in [5.41, 5.74) is 3.43. The number of benzene rings is 2. The van der Waals surface area contributed by atoms with E-state index in [1.54, 1.807) is 38.2 Å². The zero-order valence-corrected chi connectivity index (χ0v) is 19.1. The van der Waals surface area contributed by atoms with E-state index in [9.17, 15) is 9.59 Å². The molecule has 2 aromatic carbocycles. The third kappa shape index (κ3) is 6.96. The van der Waals surface area contributed by atoms with Crippen molar-refractivity contribution < 1.29 is 14.0 Å². The maximum absolute atomic E-state index is 12.2. The minimum absolute atomic E-state index is 0.00938. The van der Waals surface area contributed by atoms with Gasteiger partial charge in [0.25, 0.3) is 11.8 Å². The highest BCUT2D eigenvalue weighted by atomic mass is 16.3. The molecule has 172 valence electrons. The Balaban J connectivity index is 1.48. The summed E-state index contributed by atoms with van der Waals surface area (Å²) in [5.74, 6) is 0.629. The smallest absolute Gasteiger partial charge is 0.291 e. The molecule has 0 aliphatic heterocycles. The van der Waals surface area contributed by atoms with Crippen molar-refractivity contribution in [1.82, 2.24) is 15.5 Å². The number of anilines is 1. The van der Waals surface area contributed by atoms with Gasteiger partial charge < -0.3 is 25.3 Å². The molecule has 2 amide bonds. The second kappa shape index (κ2) is 11.5. The standard InChI is InChI=1S/C25H29N5O3/c1-26-25(27-13-12-18-7-4-9-20(15-18)24(32)30(2)3)28-17-19-8-5-10-21(16-19)29-23(31)22-11-6-14-33-22/h4-11,14-16H,12-13,17H2,1-3H3,(H,29,31)(H2,26,27,28).